The molecule has 130 valence electrons. The van der Waals surface area contributed by atoms with E-state index in [-0.39, 0.29) is 6.03 Å². The van der Waals surface area contributed by atoms with Gasteiger partial charge in [0.25, 0.3) is 0 Å². The number of hydrogen-bond donors (Lipinski definition) is 1. The molecule has 0 aliphatic rings. The van der Waals surface area contributed by atoms with Crippen molar-refractivity contribution in [3.63, 3.8) is 0 Å². The first-order chi connectivity index (χ1) is 12.2. The number of carbonyl (C=O) groups excluding carboxylic acids is 1. The smallest absolute Gasteiger partial charge is 0.317 e. The van der Waals surface area contributed by atoms with Crippen LogP contribution >= 0.6 is 22.9 Å². The van der Waals surface area contributed by atoms with Crippen LogP contribution < -0.4 is 5.32 Å². The standard InChI is InChI=1S/C18H19ClN4OS/c1-2-22(13-16-7-8-17(19)25-16)18(24)20-12-14-5-3-6-15(11-14)23-10-4-9-21-23/h3-11H,2,12-13H2,1H3,(H,20,24). The molecule has 1 aromatic carbocycles. The molecule has 0 atom stereocenters. The maximum absolute atomic E-state index is 12.4. The molecular formula is C18H19ClN4OS. The summed E-state index contributed by atoms with van der Waals surface area (Å²) in [7, 11) is 0. The van der Waals surface area contributed by atoms with E-state index in [0.717, 1.165) is 20.5 Å². The van der Waals surface area contributed by atoms with Crippen molar-refractivity contribution in [2.24, 2.45) is 0 Å². The van der Waals surface area contributed by atoms with Crippen LogP contribution in [-0.2, 0) is 13.1 Å². The van der Waals surface area contributed by atoms with Crippen LogP contribution in [0.2, 0.25) is 4.34 Å². The van der Waals surface area contributed by atoms with Gasteiger partial charge in [-0.25, -0.2) is 9.48 Å². The maximum Gasteiger partial charge on any atom is 0.317 e. The number of nitrogens with one attached hydrogen (secondary N) is 1. The van der Waals surface area contributed by atoms with Crippen LogP contribution in [-0.4, -0.2) is 27.3 Å². The van der Waals surface area contributed by atoms with Gasteiger partial charge in [-0.05, 0) is 42.8 Å². The Hall–Kier alpha value is -2.31. The summed E-state index contributed by atoms with van der Waals surface area (Å²) < 4.78 is 2.53. The van der Waals surface area contributed by atoms with Crippen LogP contribution in [0, 0.1) is 0 Å². The highest BCUT2D eigenvalue weighted by Crippen LogP contribution is 2.22. The first-order valence-electron chi connectivity index (χ1n) is 8.01. The number of halogens is 1. The number of nitrogens with zero attached hydrogens (tertiary/aromatic N) is 3. The largest absolute Gasteiger partial charge is 0.334 e. The van der Waals surface area contributed by atoms with Crippen LogP contribution in [0.3, 0.4) is 0 Å². The lowest BCUT2D eigenvalue weighted by Crippen LogP contribution is -2.38. The summed E-state index contributed by atoms with van der Waals surface area (Å²) in [6.07, 6.45) is 3.63. The third-order valence-electron chi connectivity index (χ3n) is 3.77. The van der Waals surface area contributed by atoms with Crippen molar-refractivity contribution in [3.8, 4) is 5.69 Å². The molecule has 0 fully saturated rings. The second-order valence-corrected chi connectivity index (χ2v) is 7.30. The molecule has 2 amide bonds. The molecular weight excluding hydrogens is 356 g/mol. The van der Waals surface area contributed by atoms with Gasteiger partial charge in [0.05, 0.1) is 16.6 Å². The fourth-order valence-electron chi connectivity index (χ4n) is 2.47. The molecule has 0 radical (unpaired) electrons. The Morgan fingerprint density at radius 1 is 1.32 bits per heavy atom. The summed E-state index contributed by atoms with van der Waals surface area (Å²) in [6.45, 7) is 3.63. The number of thiophene rings is 1. The zero-order valence-corrected chi connectivity index (χ0v) is 15.4. The van der Waals surface area contributed by atoms with Gasteiger partial charge in [0.1, 0.15) is 0 Å². The summed E-state index contributed by atoms with van der Waals surface area (Å²) in [4.78, 5) is 15.3. The summed E-state index contributed by atoms with van der Waals surface area (Å²) in [5.74, 6) is 0. The lowest BCUT2D eigenvalue weighted by atomic mass is 10.2. The Bertz CT molecular complexity index is 831. The molecule has 0 bridgehead atoms. The van der Waals surface area contributed by atoms with E-state index in [1.165, 1.54) is 11.3 Å². The molecule has 3 rings (SSSR count). The molecule has 7 heteroatoms. The molecule has 2 heterocycles. The lowest BCUT2D eigenvalue weighted by molar-refractivity contribution is 0.198. The maximum atomic E-state index is 12.4. The average molecular weight is 375 g/mol. The SMILES string of the molecule is CCN(Cc1ccc(Cl)s1)C(=O)NCc1cccc(-n2cccn2)c1. The van der Waals surface area contributed by atoms with Gasteiger partial charge >= 0.3 is 6.03 Å². The van der Waals surface area contributed by atoms with Crippen molar-refractivity contribution in [2.45, 2.75) is 20.0 Å². The third-order valence-corrected chi connectivity index (χ3v) is 4.98. The Morgan fingerprint density at radius 2 is 2.20 bits per heavy atom. The number of benzene rings is 1. The first kappa shape index (κ1) is 17.5. The number of amides is 2. The molecule has 2 aromatic heterocycles. The van der Waals surface area contributed by atoms with E-state index in [2.05, 4.69) is 10.4 Å². The first-order valence-corrected chi connectivity index (χ1v) is 9.21. The Kier molecular flexibility index (Phi) is 5.73. The topological polar surface area (TPSA) is 50.2 Å². The number of carbonyl (C=O) groups is 1. The predicted molar refractivity (Wildman–Crippen MR) is 101 cm³/mol. The van der Waals surface area contributed by atoms with Gasteiger partial charge in [0.15, 0.2) is 0 Å². The van der Waals surface area contributed by atoms with Crippen LogP contribution in [0.15, 0.2) is 54.9 Å². The van der Waals surface area contributed by atoms with E-state index in [9.17, 15) is 4.79 Å². The number of urea groups is 1. The van der Waals surface area contributed by atoms with Gasteiger partial charge < -0.3 is 10.2 Å². The van der Waals surface area contributed by atoms with Gasteiger partial charge in [0.2, 0.25) is 0 Å². The van der Waals surface area contributed by atoms with Crippen molar-refractivity contribution >= 4 is 29.0 Å². The summed E-state index contributed by atoms with van der Waals surface area (Å²) in [6, 6.07) is 13.6. The van der Waals surface area contributed by atoms with Crippen LogP contribution in [0.25, 0.3) is 5.69 Å². The van der Waals surface area contributed by atoms with Gasteiger partial charge in [-0.2, -0.15) is 5.10 Å². The van der Waals surface area contributed by atoms with E-state index in [4.69, 9.17) is 11.6 Å². The Balaban J connectivity index is 1.60. The van der Waals surface area contributed by atoms with E-state index in [0.29, 0.717) is 19.6 Å². The van der Waals surface area contributed by atoms with E-state index in [1.807, 2.05) is 55.6 Å². The molecule has 5 nitrogen and oxygen atoms in total. The van der Waals surface area contributed by atoms with E-state index < -0.39 is 0 Å². The second-order valence-electron chi connectivity index (χ2n) is 5.50. The molecule has 0 saturated heterocycles. The monoisotopic (exact) mass is 374 g/mol. The number of hydrogen-bond acceptors (Lipinski definition) is 3. The highest BCUT2D eigenvalue weighted by atomic mass is 35.5. The molecule has 0 spiro atoms. The normalized spacial score (nSPS) is 10.6. The summed E-state index contributed by atoms with van der Waals surface area (Å²) in [5.41, 5.74) is 1.99. The molecule has 25 heavy (non-hydrogen) atoms. The molecule has 0 aliphatic carbocycles. The Labute approximate surface area is 155 Å². The third kappa shape index (κ3) is 4.61. The molecule has 0 saturated carbocycles. The van der Waals surface area contributed by atoms with Crippen molar-refractivity contribution in [2.75, 3.05) is 6.54 Å². The van der Waals surface area contributed by atoms with E-state index in [1.54, 1.807) is 15.8 Å². The molecule has 1 N–H and O–H groups in total. The predicted octanol–water partition coefficient (Wildman–Crippen LogP) is 4.32. The highest BCUT2D eigenvalue weighted by Gasteiger charge is 2.13. The molecule has 0 unspecified atom stereocenters. The minimum absolute atomic E-state index is 0.0866. The lowest BCUT2D eigenvalue weighted by Gasteiger charge is -2.20. The highest BCUT2D eigenvalue weighted by molar-refractivity contribution is 7.16. The minimum Gasteiger partial charge on any atom is -0.334 e. The fraction of sp³-hybridized carbons (Fsp3) is 0.222. The van der Waals surface area contributed by atoms with Crippen molar-refractivity contribution < 1.29 is 4.79 Å². The quantitative estimate of drug-likeness (QED) is 0.698. The van der Waals surface area contributed by atoms with Gasteiger partial charge in [-0.1, -0.05) is 23.7 Å². The van der Waals surface area contributed by atoms with Gasteiger partial charge in [0, 0.05) is 30.4 Å². The van der Waals surface area contributed by atoms with Crippen molar-refractivity contribution in [3.05, 3.63) is 69.6 Å². The molecule has 3 aromatic rings. The van der Waals surface area contributed by atoms with Crippen LogP contribution in [0.1, 0.15) is 17.4 Å². The van der Waals surface area contributed by atoms with E-state index >= 15 is 0 Å². The van der Waals surface area contributed by atoms with Crippen LogP contribution in [0.4, 0.5) is 4.79 Å². The van der Waals surface area contributed by atoms with Crippen LogP contribution in [0.5, 0.6) is 0 Å². The summed E-state index contributed by atoms with van der Waals surface area (Å²) >= 11 is 7.46. The zero-order valence-electron chi connectivity index (χ0n) is 13.9. The Morgan fingerprint density at radius 3 is 2.88 bits per heavy atom. The average Bonchev–Trinajstić information content (AvgIpc) is 3.29. The zero-order chi connectivity index (χ0) is 17.6. The second kappa shape index (κ2) is 8.18. The van der Waals surface area contributed by atoms with Crippen molar-refractivity contribution in [1.82, 2.24) is 20.0 Å². The van der Waals surface area contributed by atoms with Gasteiger partial charge in [-0.3, -0.25) is 0 Å². The minimum atomic E-state index is -0.0866. The number of rotatable bonds is 6. The molecule has 0 aliphatic heterocycles. The van der Waals surface area contributed by atoms with Crippen molar-refractivity contribution in [1.29, 1.82) is 0 Å². The number of aromatic nitrogens is 2. The summed E-state index contributed by atoms with van der Waals surface area (Å²) in [5, 5.41) is 7.20. The van der Waals surface area contributed by atoms with Gasteiger partial charge in [-0.15, -0.1) is 11.3 Å². The fourth-order valence-corrected chi connectivity index (χ4v) is 3.58.